The van der Waals surface area contributed by atoms with Gasteiger partial charge in [-0.25, -0.2) is 8.42 Å². The summed E-state index contributed by atoms with van der Waals surface area (Å²) in [5.41, 5.74) is 0.999. The van der Waals surface area contributed by atoms with Crippen LogP contribution in [0.2, 0.25) is 0 Å². The van der Waals surface area contributed by atoms with Crippen molar-refractivity contribution in [2.45, 2.75) is 19.8 Å². The number of hydrogen-bond donors (Lipinski definition) is 1. The molecule has 102 valence electrons. The Labute approximate surface area is 116 Å². The van der Waals surface area contributed by atoms with Gasteiger partial charge in [-0.2, -0.15) is 0 Å². The van der Waals surface area contributed by atoms with Crippen LogP contribution in [0.5, 0.6) is 0 Å². The van der Waals surface area contributed by atoms with E-state index in [1.165, 1.54) is 11.3 Å². The molecule has 0 radical (unpaired) electrons. The molecule has 2 rings (SSSR count). The maximum absolute atomic E-state index is 11.9. The molecule has 7 heteroatoms. The summed E-state index contributed by atoms with van der Waals surface area (Å²) in [5, 5.41) is 8.84. The van der Waals surface area contributed by atoms with Crippen molar-refractivity contribution in [3.63, 3.8) is 0 Å². The van der Waals surface area contributed by atoms with Gasteiger partial charge in [0.05, 0.1) is 5.75 Å². The molecule has 0 saturated carbocycles. The van der Waals surface area contributed by atoms with Crippen molar-refractivity contribution in [3.05, 3.63) is 40.9 Å². The molecule has 0 bridgehead atoms. The minimum absolute atomic E-state index is 0.0397. The van der Waals surface area contributed by atoms with E-state index in [9.17, 15) is 8.42 Å². The van der Waals surface area contributed by atoms with E-state index in [1.807, 2.05) is 37.3 Å². The highest BCUT2D eigenvalue weighted by atomic mass is 32.2. The Morgan fingerprint density at radius 1 is 1.21 bits per heavy atom. The molecule has 0 aliphatic carbocycles. The van der Waals surface area contributed by atoms with Crippen LogP contribution in [0.15, 0.2) is 30.3 Å². The minimum Gasteiger partial charge on any atom is -0.257 e. The molecule has 0 unspecified atom stereocenters. The fraction of sp³-hybridized carbons (Fsp3) is 0.333. The van der Waals surface area contributed by atoms with Gasteiger partial charge in [-0.3, -0.25) is 4.72 Å². The van der Waals surface area contributed by atoms with Crippen LogP contribution in [0.1, 0.15) is 17.5 Å². The maximum atomic E-state index is 11.9. The summed E-state index contributed by atoms with van der Waals surface area (Å²) in [6, 6.07) is 9.52. The van der Waals surface area contributed by atoms with Crippen LogP contribution in [0.3, 0.4) is 0 Å². The van der Waals surface area contributed by atoms with Gasteiger partial charge >= 0.3 is 0 Å². The van der Waals surface area contributed by atoms with Crippen molar-refractivity contribution in [1.29, 1.82) is 0 Å². The van der Waals surface area contributed by atoms with Crippen LogP contribution >= 0.6 is 11.3 Å². The van der Waals surface area contributed by atoms with Crippen molar-refractivity contribution in [3.8, 4) is 0 Å². The van der Waals surface area contributed by atoms with Gasteiger partial charge < -0.3 is 0 Å². The molecular formula is C12H15N3O2S2. The van der Waals surface area contributed by atoms with Gasteiger partial charge in [-0.05, 0) is 18.4 Å². The third-order valence-corrected chi connectivity index (χ3v) is 4.87. The fourth-order valence-electron chi connectivity index (χ4n) is 1.52. The van der Waals surface area contributed by atoms with Gasteiger partial charge in [0.2, 0.25) is 15.2 Å². The third-order valence-electron chi connectivity index (χ3n) is 2.51. The predicted molar refractivity (Wildman–Crippen MR) is 76.8 cm³/mol. The Balaban J connectivity index is 1.95. The molecule has 0 amide bonds. The lowest BCUT2D eigenvalue weighted by Crippen LogP contribution is -2.18. The van der Waals surface area contributed by atoms with Gasteiger partial charge in [0, 0.05) is 0 Å². The van der Waals surface area contributed by atoms with Crippen LogP contribution in [0.25, 0.3) is 0 Å². The molecule has 0 aliphatic heterocycles. The lowest BCUT2D eigenvalue weighted by molar-refractivity contribution is 0.600. The fourth-order valence-corrected chi connectivity index (χ4v) is 3.51. The number of aromatic nitrogens is 2. The number of anilines is 1. The first-order valence-corrected chi connectivity index (χ1v) is 8.43. The largest absolute Gasteiger partial charge is 0.257 e. The molecule has 1 aromatic heterocycles. The monoisotopic (exact) mass is 297 g/mol. The second-order valence-corrected chi connectivity index (χ2v) is 6.91. The molecule has 0 fully saturated rings. The average Bonchev–Trinajstić information content (AvgIpc) is 2.85. The van der Waals surface area contributed by atoms with E-state index in [0.29, 0.717) is 11.6 Å². The smallest absolute Gasteiger partial charge is 0.234 e. The molecule has 5 nitrogen and oxygen atoms in total. The Morgan fingerprint density at radius 2 is 1.95 bits per heavy atom. The lowest BCUT2D eigenvalue weighted by Gasteiger charge is -2.04. The molecule has 1 N–H and O–H groups in total. The molecule has 0 atom stereocenters. The summed E-state index contributed by atoms with van der Waals surface area (Å²) in [6.07, 6.45) is 1.24. The van der Waals surface area contributed by atoms with Crippen molar-refractivity contribution >= 4 is 26.5 Å². The van der Waals surface area contributed by atoms with Gasteiger partial charge in [-0.15, -0.1) is 10.2 Å². The highest BCUT2D eigenvalue weighted by Gasteiger charge is 2.13. The summed E-state index contributed by atoms with van der Waals surface area (Å²) in [5.74, 6) is 0.0397. The first-order valence-electron chi connectivity index (χ1n) is 5.96. The molecule has 0 saturated heterocycles. The topological polar surface area (TPSA) is 72.0 Å². The first-order chi connectivity index (χ1) is 9.09. The van der Waals surface area contributed by atoms with E-state index >= 15 is 0 Å². The van der Waals surface area contributed by atoms with E-state index in [4.69, 9.17) is 0 Å². The molecule has 1 aromatic carbocycles. The molecule has 0 aliphatic rings. The molecule has 0 spiro atoms. The Hall–Kier alpha value is -1.47. The number of nitrogens with one attached hydrogen (secondary N) is 1. The van der Waals surface area contributed by atoms with Crippen LogP contribution in [0.4, 0.5) is 5.13 Å². The quantitative estimate of drug-likeness (QED) is 0.886. The number of sulfonamides is 1. The van der Waals surface area contributed by atoms with Crippen LogP contribution in [-0.4, -0.2) is 24.4 Å². The van der Waals surface area contributed by atoms with E-state index in [-0.39, 0.29) is 5.75 Å². The maximum Gasteiger partial charge on any atom is 0.234 e. The molecular weight excluding hydrogens is 282 g/mol. The Morgan fingerprint density at radius 3 is 2.58 bits per heavy atom. The zero-order chi connectivity index (χ0) is 13.7. The molecule has 2 aromatic rings. The molecule has 19 heavy (non-hydrogen) atoms. The van der Waals surface area contributed by atoms with Crippen LogP contribution < -0.4 is 4.72 Å². The second kappa shape index (κ2) is 6.12. The predicted octanol–water partition coefficient (Wildman–Crippen LogP) is 2.08. The zero-order valence-electron chi connectivity index (χ0n) is 10.5. The Bertz CT molecular complexity index is 623. The summed E-state index contributed by atoms with van der Waals surface area (Å²) in [7, 11) is -3.37. The van der Waals surface area contributed by atoms with Crippen LogP contribution in [0, 0.1) is 0 Å². The number of hydrogen-bond acceptors (Lipinski definition) is 5. The number of nitrogens with zero attached hydrogens (tertiary/aromatic N) is 2. The average molecular weight is 297 g/mol. The first kappa shape index (κ1) is 14.0. The summed E-state index contributed by atoms with van der Waals surface area (Å²) >= 11 is 1.27. The lowest BCUT2D eigenvalue weighted by atomic mass is 10.2. The normalized spacial score (nSPS) is 11.4. The van der Waals surface area contributed by atoms with Crippen molar-refractivity contribution in [1.82, 2.24) is 10.2 Å². The molecule has 1 heterocycles. The van der Waals surface area contributed by atoms with E-state index in [2.05, 4.69) is 14.9 Å². The van der Waals surface area contributed by atoms with Gasteiger partial charge in [-0.1, -0.05) is 48.6 Å². The van der Waals surface area contributed by atoms with Crippen molar-refractivity contribution in [2.75, 3.05) is 10.5 Å². The highest BCUT2D eigenvalue weighted by Crippen LogP contribution is 2.17. The number of benzene rings is 1. The number of rotatable bonds is 6. The van der Waals surface area contributed by atoms with E-state index in [1.54, 1.807) is 0 Å². The van der Waals surface area contributed by atoms with Gasteiger partial charge in [0.1, 0.15) is 5.01 Å². The summed E-state index contributed by atoms with van der Waals surface area (Å²) in [4.78, 5) is 0. The third kappa shape index (κ3) is 4.29. The minimum atomic E-state index is -3.37. The highest BCUT2D eigenvalue weighted by molar-refractivity contribution is 7.92. The van der Waals surface area contributed by atoms with E-state index in [0.717, 1.165) is 17.0 Å². The van der Waals surface area contributed by atoms with Crippen LogP contribution in [-0.2, 0) is 22.9 Å². The Kier molecular flexibility index (Phi) is 4.49. The van der Waals surface area contributed by atoms with Crippen molar-refractivity contribution in [2.24, 2.45) is 0 Å². The standard InChI is InChI=1S/C12H15N3O2S2/c1-2-11-13-14-12(18-11)15-19(16,17)9-8-10-6-4-3-5-7-10/h3-7H,2,8-9H2,1H3,(H,14,15). The van der Waals surface area contributed by atoms with Crippen molar-refractivity contribution < 1.29 is 8.42 Å². The van der Waals surface area contributed by atoms with Gasteiger partial charge in [0.25, 0.3) is 0 Å². The zero-order valence-corrected chi connectivity index (χ0v) is 12.2. The summed E-state index contributed by atoms with van der Waals surface area (Å²) in [6.45, 7) is 1.95. The van der Waals surface area contributed by atoms with Gasteiger partial charge in [0.15, 0.2) is 0 Å². The number of aryl methyl sites for hydroxylation is 2. The second-order valence-electron chi connectivity index (χ2n) is 4.01. The SMILES string of the molecule is CCc1nnc(NS(=O)(=O)CCc2ccccc2)s1. The summed E-state index contributed by atoms with van der Waals surface area (Å²) < 4.78 is 26.3. The van der Waals surface area contributed by atoms with E-state index < -0.39 is 10.0 Å².